The summed E-state index contributed by atoms with van der Waals surface area (Å²) in [6, 6.07) is 10.2. The molecule has 0 spiro atoms. The fourth-order valence-corrected chi connectivity index (χ4v) is 3.31. The van der Waals surface area contributed by atoms with Gasteiger partial charge in [0.1, 0.15) is 23.9 Å². The molecule has 1 N–H and O–H groups in total. The first-order valence-corrected chi connectivity index (χ1v) is 9.35. The molecule has 0 aliphatic carbocycles. The van der Waals surface area contributed by atoms with Gasteiger partial charge in [0.15, 0.2) is 0 Å². The van der Waals surface area contributed by atoms with Gasteiger partial charge in [0.25, 0.3) is 5.56 Å². The van der Waals surface area contributed by atoms with Crippen LogP contribution in [0.15, 0.2) is 64.3 Å². The van der Waals surface area contributed by atoms with E-state index in [1.807, 2.05) is 0 Å². The summed E-state index contributed by atoms with van der Waals surface area (Å²) in [5, 5.41) is -0.652. The maximum atomic E-state index is 13.8. The number of pyridine rings is 1. The second-order valence-corrected chi connectivity index (χ2v) is 6.97. The summed E-state index contributed by atoms with van der Waals surface area (Å²) < 4.78 is 60.3. The van der Waals surface area contributed by atoms with Gasteiger partial charge in [-0.05, 0) is 42.8 Å². The Morgan fingerprint density at radius 1 is 1.09 bits per heavy atom. The van der Waals surface area contributed by atoms with Crippen LogP contribution in [0.1, 0.15) is 16.8 Å². The predicted molar refractivity (Wildman–Crippen MR) is 108 cm³/mol. The Kier molecular flexibility index (Phi) is 5.29. The van der Waals surface area contributed by atoms with Crippen LogP contribution in [0.2, 0.25) is 0 Å². The first kappa shape index (κ1) is 21.3. The predicted octanol–water partition coefficient (Wildman–Crippen LogP) is 4.12. The molecule has 2 heterocycles. The van der Waals surface area contributed by atoms with Crippen LogP contribution in [0, 0.1) is 12.7 Å². The molecule has 0 bridgehead atoms. The molecule has 0 aliphatic heterocycles. The van der Waals surface area contributed by atoms with Gasteiger partial charge in [-0.25, -0.2) is 13.8 Å². The largest absolute Gasteiger partial charge is 0.487 e. The van der Waals surface area contributed by atoms with Crippen molar-refractivity contribution >= 4 is 10.9 Å². The molecule has 0 aliphatic rings. The van der Waals surface area contributed by atoms with Crippen LogP contribution in [-0.2, 0) is 12.8 Å². The highest BCUT2D eigenvalue weighted by molar-refractivity contribution is 5.82. The normalized spacial score (nSPS) is 11.7. The lowest BCUT2D eigenvalue weighted by atomic mass is 10.1. The highest BCUT2D eigenvalue weighted by atomic mass is 19.4. The number of fused-ring (bicyclic) bond motifs is 1. The first-order valence-electron chi connectivity index (χ1n) is 9.35. The summed E-state index contributed by atoms with van der Waals surface area (Å²) in [4.78, 5) is 31.9. The van der Waals surface area contributed by atoms with E-state index in [-0.39, 0.29) is 29.3 Å². The van der Waals surface area contributed by atoms with Crippen molar-refractivity contribution in [2.45, 2.75) is 19.7 Å². The van der Waals surface area contributed by atoms with Gasteiger partial charge in [-0.15, -0.1) is 0 Å². The summed E-state index contributed by atoms with van der Waals surface area (Å²) in [7, 11) is 0. The molecule has 32 heavy (non-hydrogen) atoms. The molecule has 0 saturated heterocycles. The van der Waals surface area contributed by atoms with Gasteiger partial charge in [-0.3, -0.25) is 9.78 Å². The van der Waals surface area contributed by atoms with E-state index in [4.69, 9.17) is 4.74 Å². The Morgan fingerprint density at radius 3 is 2.59 bits per heavy atom. The van der Waals surface area contributed by atoms with Crippen LogP contribution < -0.4 is 16.0 Å². The molecule has 0 fully saturated rings. The molecule has 0 unspecified atom stereocenters. The molecule has 0 saturated carbocycles. The van der Waals surface area contributed by atoms with Crippen molar-refractivity contribution in [3.05, 3.63) is 98.2 Å². The van der Waals surface area contributed by atoms with Crippen molar-refractivity contribution in [3.8, 4) is 11.4 Å². The molecule has 4 aromatic rings. The van der Waals surface area contributed by atoms with Crippen molar-refractivity contribution in [3.63, 3.8) is 0 Å². The molecule has 2 aromatic carbocycles. The molecule has 0 atom stereocenters. The third-order valence-corrected chi connectivity index (χ3v) is 4.86. The Hall–Kier alpha value is -3.95. The average Bonchev–Trinajstić information content (AvgIpc) is 2.74. The number of H-pyrrole nitrogens is 1. The number of hydrogen-bond donors (Lipinski definition) is 1. The van der Waals surface area contributed by atoms with E-state index < -0.39 is 34.2 Å². The zero-order valence-electron chi connectivity index (χ0n) is 16.5. The van der Waals surface area contributed by atoms with Crippen LogP contribution in [0.3, 0.4) is 0 Å². The quantitative estimate of drug-likeness (QED) is 0.480. The second kappa shape index (κ2) is 7.95. The van der Waals surface area contributed by atoms with Crippen molar-refractivity contribution in [2.24, 2.45) is 0 Å². The zero-order chi connectivity index (χ0) is 23.0. The number of rotatable bonds is 4. The van der Waals surface area contributed by atoms with E-state index in [9.17, 15) is 27.2 Å². The fourth-order valence-electron chi connectivity index (χ4n) is 3.31. The summed E-state index contributed by atoms with van der Waals surface area (Å²) >= 11 is 0. The minimum absolute atomic E-state index is 0.0362. The van der Waals surface area contributed by atoms with Crippen LogP contribution in [0.25, 0.3) is 16.6 Å². The lowest BCUT2D eigenvalue weighted by Gasteiger charge is -2.14. The molecule has 0 amide bonds. The monoisotopic (exact) mass is 445 g/mol. The zero-order valence-corrected chi connectivity index (χ0v) is 16.5. The molecule has 2 aromatic heterocycles. The number of ether oxygens (including phenoxy) is 1. The Morgan fingerprint density at radius 2 is 1.88 bits per heavy atom. The Balaban J connectivity index is 1.84. The van der Waals surface area contributed by atoms with Gasteiger partial charge in [0.2, 0.25) is 0 Å². The highest BCUT2D eigenvalue weighted by Gasteiger charge is 2.34. The summed E-state index contributed by atoms with van der Waals surface area (Å²) in [5.74, 6) is -0.395. The van der Waals surface area contributed by atoms with E-state index in [1.54, 1.807) is 6.92 Å². The van der Waals surface area contributed by atoms with Gasteiger partial charge in [-0.1, -0.05) is 12.1 Å². The van der Waals surface area contributed by atoms with E-state index in [1.165, 1.54) is 42.6 Å². The molecule has 164 valence electrons. The SMILES string of the molecule is Cc1ccc(OCc2ncccc2F)cc1-n1c(=O)[nH]c2cccc(C(F)(F)F)c2c1=O. The number of benzene rings is 2. The van der Waals surface area contributed by atoms with Crippen LogP contribution in [0.4, 0.5) is 17.6 Å². The average molecular weight is 445 g/mol. The maximum Gasteiger partial charge on any atom is 0.417 e. The van der Waals surface area contributed by atoms with Gasteiger partial charge >= 0.3 is 11.9 Å². The van der Waals surface area contributed by atoms with Gasteiger partial charge in [-0.2, -0.15) is 13.2 Å². The topological polar surface area (TPSA) is 77.0 Å². The second-order valence-electron chi connectivity index (χ2n) is 6.97. The van der Waals surface area contributed by atoms with E-state index in [0.29, 0.717) is 10.1 Å². The minimum atomic E-state index is -4.79. The number of halogens is 4. The smallest absolute Gasteiger partial charge is 0.417 e. The molecule has 6 nitrogen and oxygen atoms in total. The Labute approximate surface area is 177 Å². The third kappa shape index (κ3) is 3.86. The number of nitrogens with one attached hydrogen (secondary N) is 1. The van der Waals surface area contributed by atoms with Crippen LogP contribution >= 0.6 is 0 Å². The van der Waals surface area contributed by atoms with Gasteiger partial charge < -0.3 is 9.72 Å². The van der Waals surface area contributed by atoms with E-state index in [0.717, 1.165) is 12.1 Å². The minimum Gasteiger partial charge on any atom is -0.487 e. The number of hydrogen-bond acceptors (Lipinski definition) is 4. The van der Waals surface area contributed by atoms with E-state index in [2.05, 4.69) is 9.97 Å². The number of alkyl halides is 3. The first-order chi connectivity index (χ1) is 15.2. The van der Waals surface area contributed by atoms with Crippen molar-refractivity contribution in [1.29, 1.82) is 0 Å². The van der Waals surface area contributed by atoms with Crippen molar-refractivity contribution in [1.82, 2.24) is 14.5 Å². The number of aromatic amines is 1. The summed E-state index contributed by atoms with van der Waals surface area (Å²) in [5.41, 5.74) is -2.87. The third-order valence-electron chi connectivity index (χ3n) is 4.86. The molecule has 4 rings (SSSR count). The number of nitrogens with zero attached hydrogens (tertiary/aromatic N) is 2. The Bertz CT molecular complexity index is 1440. The summed E-state index contributed by atoms with van der Waals surface area (Å²) in [6.07, 6.45) is -3.39. The van der Waals surface area contributed by atoms with E-state index >= 15 is 0 Å². The van der Waals surface area contributed by atoms with Crippen LogP contribution in [-0.4, -0.2) is 14.5 Å². The molecular weight excluding hydrogens is 430 g/mol. The van der Waals surface area contributed by atoms with Crippen LogP contribution in [0.5, 0.6) is 5.75 Å². The van der Waals surface area contributed by atoms with Crippen molar-refractivity contribution in [2.75, 3.05) is 0 Å². The molecule has 10 heteroatoms. The lowest BCUT2D eigenvalue weighted by Crippen LogP contribution is -2.35. The maximum absolute atomic E-state index is 13.8. The fraction of sp³-hybridized carbons (Fsp3) is 0.136. The molecule has 0 radical (unpaired) electrons. The molecular formula is C22H15F4N3O3. The highest BCUT2D eigenvalue weighted by Crippen LogP contribution is 2.32. The number of aryl methyl sites for hydroxylation is 1. The summed E-state index contributed by atoms with van der Waals surface area (Å²) in [6.45, 7) is 1.36. The standard InChI is InChI=1S/C22H15F4N3O3/c1-12-7-8-13(32-11-17-15(23)5-3-9-27-17)10-18(12)29-20(30)19-14(22(24,25)26)4-2-6-16(19)28-21(29)31/h2-10H,11H2,1H3,(H,28,31). The van der Waals surface area contributed by atoms with Crippen molar-refractivity contribution < 1.29 is 22.3 Å². The van der Waals surface area contributed by atoms with Gasteiger partial charge in [0, 0.05) is 12.3 Å². The number of aromatic nitrogens is 3. The van der Waals surface area contributed by atoms with Gasteiger partial charge in [0.05, 0.1) is 22.2 Å². The lowest BCUT2D eigenvalue weighted by molar-refractivity contribution is -0.136.